The maximum Gasteiger partial charge on any atom is 0.407 e. The number of nitrogens with zero attached hydrogens (tertiary/aromatic N) is 2. The minimum Gasteiger partial charge on any atom is -0.444 e. The van der Waals surface area contributed by atoms with Crippen molar-refractivity contribution in [3.63, 3.8) is 0 Å². The third-order valence-corrected chi connectivity index (χ3v) is 4.36. The summed E-state index contributed by atoms with van der Waals surface area (Å²) in [6.07, 6.45) is 3.41. The number of likely N-dealkylation sites (tertiary alicyclic amines) is 1. The molecule has 2 rings (SSSR count). The molecule has 0 radical (unpaired) electrons. The molecule has 1 aromatic heterocycles. The molecule has 0 aromatic carbocycles. The van der Waals surface area contributed by atoms with Crippen LogP contribution in [0.2, 0.25) is 0 Å². The molecule has 1 aromatic rings. The summed E-state index contributed by atoms with van der Waals surface area (Å²) in [6, 6.07) is 3.68. The molecule has 0 spiro atoms. The van der Waals surface area contributed by atoms with Crippen LogP contribution in [0.3, 0.4) is 0 Å². The van der Waals surface area contributed by atoms with Gasteiger partial charge in [0.1, 0.15) is 11.3 Å². The van der Waals surface area contributed by atoms with Crippen molar-refractivity contribution < 1.29 is 14.3 Å². The SMILES string of the molecule is C[C@H](NC(=O)OC(C)(C)C)[C@H]1CCCN(C(=O)c2cccn2C)C1. The molecule has 24 heavy (non-hydrogen) atoms. The number of carbonyl (C=O) groups is 2. The van der Waals surface area contributed by atoms with Gasteiger partial charge in [-0.15, -0.1) is 0 Å². The van der Waals surface area contributed by atoms with Gasteiger partial charge in [0.15, 0.2) is 0 Å². The zero-order chi connectivity index (χ0) is 17.9. The largest absolute Gasteiger partial charge is 0.444 e. The molecular weight excluding hydrogens is 306 g/mol. The highest BCUT2D eigenvalue weighted by Gasteiger charge is 2.30. The summed E-state index contributed by atoms with van der Waals surface area (Å²) in [5.74, 6) is 0.284. The molecule has 0 saturated carbocycles. The number of aromatic nitrogens is 1. The van der Waals surface area contributed by atoms with Gasteiger partial charge in [-0.25, -0.2) is 4.79 Å². The monoisotopic (exact) mass is 335 g/mol. The van der Waals surface area contributed by atoms with Crippen LogP contribution in [0.1, 0.15) is 51.0 Å². The minimum absolute atomic E-state index is 0.0381. The van der Waals surface area contributed by atoms with E-state index in [4.69, 9.17) is 4.74 Å². The normalized spacial score (nSPS) is 19.7. The van der Waals surface area contributed by atoms with Crippen LogP contribution in [0, 0.1) is 5.92 Å². The average molecular weight is 335 g/mol. The van der Waals surface area contributed by atoms with Crippen LogP contribution in [0.15, 0.2) is 18.3 Å². The van der Waals surface area contributed by atoms with Crippen LogP contribution < -0.4 is 5.32 Å². The number of hydrogen-bond donors (Lipinski definition) is 1. The molecule has 0 bridgehead atoms. The molecule has 0 aliphatic carbocycles. The maximum absolute atomic E-state index is 12.7. The van der Waals surface area contributed by atoms with E-state index < -0.39 is 11.7 Å². The summed E-state index contributed by atoms with van der Waals surface area (Å²) in [4.78, 5) is 26.5. The van der Waals surface area contributed by atoms with Crippen molar-refractivity contribution >= 4 is 12.0 Å². The Morgan fingerprint density at radius 1 is 1.38 bits per heavy atom. The van der Waals surface area contributed by atoms with Crippen LogP contribution in [-0.2, 0) is 11.8 Å². The summed E-state index contributed by atoms with van der Waals surface area (Å²) in [6.45, 7) is 8.93. The summed E-state index contributed by atoms with van der Waals surface area (Å²) in [7, 11) is 1.88. The van der Waals surface area contributed by atoms with Crippen molar-refractivity contribution in [3.05, 3.63) is 24.0 Å². The molecule has 2 atom stereocenters. The van der Waals surface area contributed by atoms with Crippen LogP contribution in [0.25, 0.3) is 0 Å². The number of ether oxygens (including phenoxy) is 1. The second kappa shape index (κ2) is 7.28. The molecule has 2 amide bonds. The standard InChI is InChI=1S/C18H29N3O3/c1-13(19-17(23)24-18(2,3)4)14-8-6-11-21(12-14)16(22)15-9-7-10-20(15)5/h7,9-10,13-14H,6,8,11-12H2,1-5H3,(H,19,23)/t13-,14-/m0/s1. The maximum atomic E-state index is 12.7. The summed E-state index contributed by atoms with van der Waals surface area (Å²) >= 11 is 0. The number of hydrogen-bond acceptors (Lipinski definition) is 3. The lowest BCUT2D eigenvalue weighted by Crippen LogP contribution is -2.49. The van der Waals surface area contributed by atoms with E-state index in [9.17, 15) is 9.59 Å². The van der Waals surface area contributed by atoms with Gasteiger partial charge in [0.25, 0.3) is 5.91 Å². The van der Waals surface area contributed by atoms with Crippen LogP contribution in [0.5, 0.6) is 0 Å². The highest BCUT2D eigenvalue weighted by Crippen LogP contribution is 2.22. The summed E-state index contributed by atoms with van der Waals surface area (Å²) in [5, 5.41) is 2.91. The van der Waals surface area contributed by atoms with Gasteiger partial charge in [0, 0.05) is 32.4 Å². The number of alkyl carbamates (subject to hydrolysis) is 1. The highest BCUT2D eigenvalue weighted by molar-refractivity contribution is 5.92. The summed E-state index contributed by atoms with van der Waals surface area (Å²) < 4.78 is 7.16. The molecule has 1 fully saturated rings. The zero-order valence-electron chi connectivity index (χ0n) is 15.3. The molecule has 6 heteroatoms. The Kier molecular flexibility index (Phi) is 5.57. The molecule has 1 aliphatic heterocycles. The molecule has 0 unspecified atom stereocenters. The average Bonchev–Trinajstić information content (AvgIpc) is 2.90. The smallest absolute Gasteiger partial charge is 0.407 e. The van der Waals surface area contributed by atoms with Gasteiger partial charge in [-0.3, -0.25) is 4.79 Å². The van der Waals surface area contributed by atoms with Crippen molar-refractivity contribution in [2.75, 3.05) is 13.1 Å². The lowest BCUT2D eigenvalue weighted by molar-refractivity contribution is 0.0459. The Morgan fingerprint density at radius 3 is 2.67 bits per heavy atom. The number of rotatable bonds is 3. The number of aryl methyl sites for hydroxylation is 1. The molecule has 134 valence electrons. The van der Waals surface area contributed by atoms with Crippen molar-refractivity contribution in [1.82, 2.24) is 14.8 Å². The van der Waals surface area contributed by atoms with Crippen molar-refractivity contribution in [3.8, 4) is 0 Å². The van der Waals surface area contributed by atoms with Gasteiger partial charge in [0.05, 0.1) is 0 Å². The van der Waals surface area contributed by atoms with E-state index in [2.05, 4.69) is 5.32 Å². The van der Waals surface area contributed by atoms with Crippen molar-refractivity contribution in [1.29, 1.82) is 0 Å². The predicted octanol–water partition coefficient (Wildman–Crippen LogP) is 2.79. The second-order valence-electron chi connectivity index (χ2n) is 7.59. The van der Waals surface area contributed by atoms with E-state index in [1.165, 1.54) is 0 Å². The number of nitrogens with one attached hydrogen (secondary N) is 1. The molecule has 1 saturated heterocycles. The molecule has 1 aliphatic rings. The summed E-state index contributed by atoms with van der Waals surface area (Å²) in [5.41, 5.74) is 0.189. The molecule has 1 N–H and O–H groups in total. The van der Waals surface area contributed by atoms with E-state index in [-0.39, 0.29) is 17.9 Å². The first-order chi connectivity index (χ1) is 11.2. The van der Waals surface area contributed by atoms with E-state index in [1.54, 1.807) is 0 Å². The van der Waals surface area contributed by atoms with E-state index in [0.29, 0.717) is 12.2 Å². The quantitative estimate of drug-likeness (QED) is 0.924. The van der Waals surface area contributed by atoms with Gasteiger partial charge >= 0.3 is 6.09 Å². The molecular formula is C18H29N3O3. The van der Waals surface area contributed by atoms with E-state index in [0.717, 1.165) is 19.4 Å². The minimum atomic E-state index is -0.509. The van der Waals surface area contributed by atoms with Gasteiger partial charge in [-0.05, 0) is 58.6 Å². The van der Waals surface area contributed by atoms with Gasteiger partial charge in [-0.1, -0.05) is 0 Å². The second-order valence-corrected chi connectivity index (χ2v) is 7.59. The topological polar surface area (TPSA) is 63.6 Å². The van der Waals surface area contributed by atoms with Crippen molar-refractivity contribution in [2.24, 2.45) is 13.0 Å². The predicted molar refractivity (Wildman–Crippen MR) is 92.9 cm³/mol. The Labute approximate surface area is 144 Å². The lowest BCUT2D eigenvalue weighted by atomic mass is 9.91. The zero-order valence-corrected chi connectivity index (χ0v) is 15.3. The first-order valence-electron chi connectivity index (χ1n) is 8.57. The lowest BCUT2D eigenvalue weighted by Gasteiger charge is -2.36. The van der Waals surface area contributed by atoms with Gasteiger partial charge in [0.2, 0.25) is 0 Å². The fourth-order valence-electron chi connectivity index (χ4n) is 3.06. The third kappa shape index (κ3) is 4.76. The fraction of sp³-hybridized carbons (Fsp3) is 0.667. The first kappa shape index (κ1) is 18.4. The number of amides is 2. The van der Waals surface area contributed by atoms with Crippen molar-refractivity contribution in [2.45, 2.75) is 52.2 Å². The Hall–Kier alpha value is -1.98. The Morgan fingerprint density at radius 2 is 2.08 bits per heavy atom. The van der Waals surface area contributed by atoms with Gasteiger partial charge < -0.3 is 19.5 Å². The Bertz CT molecular complexity index is 589. The highest BCUT2D eigenvalue weighted by atomic mass is 16.6. The van der Waals surface area contributed by atoms with Crippen LogP contribution in [0.4, 0.5) is 4.79 Å². The third-order valence-electron chi connectivity index (χ3n) is 4.36. The number of carbonyl (C=O) groups excluding carboxylic acids is 2. The van der Waals surface area contributed by atoms with Crippen LogP contribution >= 0.6 is 0 Å². The van der Waals surface area contributed by atoms with E-state index in [1.807, 2.05) is 62.5 Å². The molecule has 6 nitrogen and oxygen atoms in total. The first-order valence-corrected chi connectivity index (χ1v) is 8.57. The van der Waals surface area contributed by atoms with Gasteiger partial charge in [-0.2, -0.15) is 0 Å². The molecule has 2 heterocycles. The number of piperidine rings is 1. The Balaban J connectivity index is 1.94. The van der Waals surface area contributed by atoms with Crippen LogP contribution in [-0.4, -0.2) is 46.2 Å². The fourth-order valence-corrected chi connectivity index (χ4v) is 3.06. The van der Waals surface area contributed by atoms with E-state index >= 15 is 0 Å².